The van der Waals surface area contributed by atoms with Crippen molar-refractivity contribution in [2.75, 3.05) is 24.7 Å². The van der Waals surface area contributed by atoms with Crippen molar-refractivity contribution in [1.29, 1.82) is 0 Å². The Bertz CT molecular complexity index is 959. The number of carbonyl (C=O) groups is 1. The fraction of sp³-hybridized carbons (Fsp3) is 0.788. The van der Waals surface area contributed by atoms with Gasteiger partial charge in [-0.15, -0.1) is 23.5 Å². The standard InChI is InChI=1S/C33H56O6S2Si/c1-25(2)21-30(34)37-29(22-27-28(39-32(6,7)38-27)24-36-42(8,9)31(3,4)5)33(40-19-14-20-41-33)17-13-18-35-23-26-15-11-10-12-16-26/h10-12,15-16,25,27-29H,13-14,17-24H2,1-9H3/t27-,28-,29?/m1/s1. The Morgan fingerprint density at radius 2 is 1.71 bits per heavy atom. The molecule has 1 aromatic rings. The molecule has 0 aromatic heterocycles. The van der Waals surface area contributed by atoms with Gasteiger partial charge in [0.25, 0.3) is 0 Å². The Labute approximate surface area is 265 Å². The molecular formula is C33H56O6S2Si. The molecule has 2 saturated heterocycles. The molecule has 0 spiro atoms. The maximum absolute atomic E-state index is 13.2. The minimum Gasteiger partial charge on any atom is -0.460 e. The fourth-order valence-electron chi connectivity index (χ4n) is 5.09. The molecule has 2 fully saturated rings. The van der Waals surface area contributed by atoms with E-state index in [2.05, 4.69) is 59.8 Å². The van der Waals surface area contributed by atoms with E-state index in [1.807, 2.05) is 55.6 Å². The highest BCUT2D eigenvalue weighted by Crippen LogP contribution is 2.51. The molecule has 2 aliphatic rings. The zero-order chi connectivity index (χ0) is 31.0. The van der Waals surface area contributed by atoms with Crippen LogP contribution >= 0.6 is 23.5 Å². The Morgan fingerprint density at radius 1 is 1.07 bits per heavy atom. The minimum absolute atomic E-state index is 0.106. The van der Waals surface area contributed by atoms with Gasteiger partial charge in [0.05, 0.1) is 23.4 Å². The predicted molar refractivity (Wildman–Crippen MR) is 179 cm³/mol. The topological polar surface area (TPSA) is 63.2 Å². The van der Waals surface area contributed by atoms with E-state index in [0.29, 0.717) is 32.7 Å². The average Bonchev–Trinajstić information content (AvgIpc) is 3.20. The first-order valence-electron chi connectivity index (χ1n) is 15.7. The first-order valence-corrected chi connectivity index (χ1v) is 20.6. The van der Waals surface area contributed by atoms with Crippen LogP contribution in [-0.4, -0.2) is 67.2 Å². The van der Waals surface area contributed by atoms with Gasteiger partial charge >= 0.3 is 5.97 Å². The third-order valence-corrected chi connectivity index (χ3v) is 16.5. The molecule has 42 heavy (non-hydrogen) atoms. The fourth-order valence-corrected chi connectivity index (χ4v) is 9.63. The van der Waals surface area contributed by atoms with Gasteiger partial charge in [-0.05, 0) is 74.2 Å². The molecule has 9 heteroatoms. The first-order chi connectivity index (χ1) is 19.6. The molecule has 0 bridgehead atoms. The number of ether oxygens (including phenoxy) is 4. The van der Waals surface area contributed by atoms with Crippen LogP contribution in [0.3, 0.4) is 0 Å². The SMILES string of the molecule is CC(C)CC(=O)OC(C[C@H]1OC(C)(C)O[C@@H]1CO[Si](C)(C)C(C)(C)C)C1(CCCOCc2ccccc2)SCCCS1. The lowest BCUT2D eigenvalue weighted by atomic mass is 10.0. The summed E-state index contributed by atoms with van der Waals surface area (Å²) in [5, 5.41) is 0.106. The predicted octanol–water partition coefficient (Wildman–Crippen LogP) is 8.44. The number of carbonyl (C=O) groups excluding carboxylic acids is 1. The van der Waals surface area contributed by atoms with Crippen LogP contribution in [0.5, 0.6) is 0 Å². The molecule has 2 heterocycles. The smallest absolute Gasteiger partial charge is 0.306 e. The Morgan fingerprint density at radius 3 is 2.33 bits per heavy atom. The van der Waals surface area contributed by atoms with Gasteiger partial charge in [0, 0.05) is 19.4 Å². The van der Waals surface area contributed by atoms with E-state index in [0.717, 1.165) is 30.8 Å². The van der Waals surface area contributed by atoms with Crippen molar-refractivity contribution in [1.82, 2.24) is 0 Å². The van der Waals surface area contributed by atoms with Crippen molar-refractivity contribution in [2.45, 2.75) is 133 Å². The Balaban J connectivity index is 1.76. The van der Waals surface area contributed by atoms with Crippen LogP contribution in [-0.2, 0) is 34.8 Å². The van der Waals surface area contributed by atoms with Crippen molar-refractivity contribution < 1.29 is 28.2 Å². The van der Waals surface area contributed by atoms with Crippen molar-refractivity contribution in [2.24, 2.45) is 5.92 Å². The third kappa shape index (κ3) is 10.8. The quantitative estimate of drug-likeness (QED) is 0.108. The summed E-state index contributed by atoms with van der Waals surface area (Å²) >= 11 is 3.90. The highest BCUT2D eigenvalue weighted by atomic mass is 32.2. The Kier molecular flexibility index (Phi) is 13.4. The normalized spacial score (nSPS) is 23.2. The molecule has 3 atom stereocenters. The zero-order valence-corrected chi connectivity index (χ0v) is 30.2. The van der Waals surface area contributed by atoms with Crippen LogP contribution in [0.25, 0.3) is 0 Å². The molecular weight excluding hydrogens is 585 g/mol. The minimum atomic E-state index is -1.97. The highest BCUT2D eigenvalue weighted by Gasteiger charge is 2.50. The van der Waals surface area contributed by atoms with Gasteiger partial charge in [0.2, 0.25) is 0 Å². The van der Waals surface area contributed by atoms with Crippen molar-refractivity contribution in [3.63, 3.8) is 0 Å². The molecule has 240 valence electrons. The van der Waals surface area contributed by atoms with Gasteiger partial charge in [-0.25, -0.2) is 0 Å². The van der Waals surface area contributed by atoms with E-state index in [1.165, 1.54) is 5.56 Å². The number of benzene rings is 1. The van der Waals surface area contributed by atoms with Crippen molar-refractivity contribution >= 4 is 37.8 Å². The molecule has 2 aliphatic heterocycles. The lowest BCUT2D eigenvalue weighted by Gasteiger charge is -2.43. The summed E-state index contributed by atoms with van der Waals surface area (Å²) in [6.07, 6.45) is 3.21. The van der Waals surface area contributed by atoms with Crippen molar-refractivity contribution in [3.8, 4) is 0 Å². The first kappa shape index (κ1) is 35.9. The zero-order valence-electron chi connectivity index (χ0n) is 27.5. The van der Waals surface area contributed by atoms with E-state index in [4.69, 9.17) is 23.4 Å². The van der Waals surface area contributed by atoms with Crippen LogP contribution in [0.4, 0.5) is 0 Å². The summed E-state index contributed by atoms with van der Waals surface area (Å²) in [4.78, 5) is 13.2. The maximum atomic E-state index is 13.2. The van der Waals surface area contributed by atoms with E-state index >= 15 is 0 Å². The van der Waals surface area contributed by atoms with Crippen LogP contribution in [0.15, 0.2) is 30.3 Å². The molecule has 0 N–H and O–H groups in total. The summed E-state index contributed by atoms with van der Waals surface area (Å²) < 4.78 is 31.8. The lowest BCUT2D eigenvalue weighted by molar-refractivity contribution is -0.157. The van der Waals surface area contributed by atoms with Crippen LogP contribution in [0, 0.1) is 5.92 Å². The largest absolute Gasteiger partial charge is 0.460 e. The monoisotopic (exact) mass is 640 g/mol. The van der Waals surface area contributed by atoms with Gasteiger partial charge < -0.3 is 23.4 Å². The van der Waals surface area contributed by atoms with E-state index in [9.17, 15) is 4.79 Å². The molecule has 1 unspecified atom stereocenters. The van der Waals surface area contributed by atoms with Crippen LogP contribution < -0.4 is 0 Å². The average molecular weight is 641 g/mol. The maximum Gasteiger partial charge on any atom is 0.306 e. The van der Waals surface area contributed by atoms with Gasteiger partial charge in [0.15, 0.2) is 14.1 Å². The molecule has 1 aromatic carbocycles. The lowest BCUT2D eigenvalue weighted by Crippen LogP contribution is -2.47. The number of rotatable bonds is 15. The number of hydrogen-bond acceptors (Lipinski definition) is 8. The second-order valence-electron chi connectivity index (χ2n) is 14.1. The molecule has 0 radical (unpaired) electrons. The summed E-state index contributed by atoms with van der Waals surface area (Å²) in [5.41, 5.74) is 1.18. The Hall–Kier alpha value is -0.553. The van der Waals surface area contributed by atoms with E-state index in [-0.39, 0.29) is 39.3 Å². The van der Waals surface area contributed by atoms with E-state index < -0.39 is 14.1 Å². The molecule has 6 nitrogen and oxygen atoms in total. The third-order valence-electron chi connectivity index (χ3n) is 8.39. The second-order valence-corrected chi connectivity index (χ2v) is 22.0. The summed E-state index contributed by atoms with van der Waals surface area (Å²) in [6, 6.07) is 10.3. The van der Waals surface area contributed by atoms with Crippen LogP contribution in [0.2, 0.25) is 18.1 Å². The summed E-state index contributed by atoms with van der Waals surface area (Å²) in [5.74, 6) is 1.50. The molecule has 0 saturated carbocycles. The molecule has 3 rings (SSSR count). The van der Waals surface area contributed by atoms with Gasteiger partial charge in [-0.1, -0.05) is 65.0 Å². The van der Waals surface area contributed by atoms with Crippen molar-refractivity contribution in [3.05, 3.63) is 35.9 Å². The van der Waals surface area contributed by atoms with Gasteiger partial charge in [-0.3, -0.25) is 4.79 Å². The highest BCUT2D eigenvalue weighted by molar-refractivity contribution is 8.18. The summed E-state index contributed by atoms with van der Waals surface area (Å²) in [6.45, 7) is 21.1. The molecule has 0 aliphatic carbocycles. The van der Waals surface area contributed by atoms with Gasteiger partial charge in [0.1, 0.15) is 12.2 Å². The second kappa shape index (κ2) is 15.6. The number of thioether (sulfide) groups is 2. The van der Waals surface area contributed by atoms with E-state index in [1.54, 1.807) is 0 Å². The van der Waals surface area contributed by atoms with Crippen LogP contribution in [0.1, 0.15) is 86.1 Å². The summed E-state index contributed by atoms with van der Waals surface area (Å²) in [7, 11) is -1.97. The number of esters is 1. The number of hydrogen-bond donors (Lipinski definition) is 0. The van der Waals surface area contributed by atoms with Gasteiger partial charge in [-0.2, -0.15) is 0 Å². The molecule has 0 amide bonds.